The average molecular weight is 396 g/mol. The van der Waals surface area contributed by atoms with E-state index in [9.17, 15) is 0 Å². The van der Waals surface area contributed by atoms with Gasteiger partial charge in [0.2, 0.25) is 4.77 Å². The quantitative estimate of drug-likeness (QED) is 0.582. The average Bonchev–Trinajstić information content (AvgIpc) is 3.06. The Morgan fingerprint density at radius 1 is 1.00 bits per heavy atom. The summed E-state index contributed by atoms with van der Waals surface area (Å²) < 4.78 is 10.2. The van der Waals surface area contributed by atoms with E-state index in [1.165, 1.54) is 19.3 Å². The van der Waals surface area contributed by atoms with Crippen molar-refractivity contribution in [1.29, 1.82) is 0 Å². The van der Waals surface area contributed by atoms with Crippen LogP contribution >= 0.6 is 12.2 Å². The summed E-state index contributed by atoms with van der Waals surface area (Å²) in [5.74, 6) is 1.68. The van der Waals surface area contributed by atoms with Gasteiger partial charge in [0.15, 0.2) is 5.82 Å². The lowest BCUT2D eigenvalue weighted by Crippen LogP contribution is -2.32. The first-order chi connectivity index (χ1) is 13.8. The highest BCUT2D eigenvalue weighted by Crippen LogP contribution is 2.24. The summed E-state index contributed by atoms with van der Waals surface area (Å²) in [5, 5.41) is 4.88. The molecule has 0 amide bonds. The van der Waals surface area contributed by atoms with E-state index in [1.807, 2.05) is 52.6 Å². The number of benzene rings is 1. The van der Waals surface area contributed by atoms with Crippen LogP contribution in [0.5, 0.6) is 5.75 Å². The Kier molecular flexibility index (Phi) is 5.83. The molecule has 0 unspecified atom stereocenters. The van der Waals surface area contributed by atoms with Gasteiger partial charge in [-0.3, -0.25) is 14.5 Å². The number of hydrogen-bond donors (Lipinski definition) is 0. The first-order valence-corrected chi connectivity index (χ1v) is 10.2. The van der Waals surface area contributed by atoms with Crippen LogP contribution in [-0.4, -0.2) is 43.9 Å². The zero-order valence-electron chi connectivity index (χ0n) is 16.1. The second-order valence-corrected chi connectivity index (χ2v) is 7.29. The van der Waals surface area contributed by atoms with Crippen LogP contribution in [0, 0.1) is 4.77 Å². The van der Waals surface area contributed by atoms with Gasteiger partial charge in [-0.1, -0.05) is 6.42 Å². The Morgan fingerprint density at radius 3 is 2.39 bits per heavy atom. The van der Waals surface area contributed by atoms with Gasteiger partial charge in [0.05, 0.1) is 19.0 Å². The van der Waals surface area contributed by atoms with Gasteiger partial charge >= 0.3 is 0 Å². The van der Waals surface area contributed by atoms with Crippen LogP contribution in [0.1, 0.15) is 26.2 Å². The third-order valence-electron chi connectivity index (χ3n) is 4.97. The Hall–Kier alpha value is -2.51. The van der Waals surface area contributed by atoms with Gasteiger partial charge in [-0.15, -0.1) is 5.10 Å². The number of pyridine rings is 1. The van der Waals surface area contributed by atoms with Crippen molar-refractivity contribution in [2.45, 2.75) is 32.9 Å². The largest absolute Gasteiger partial charge is 0.494 e. The van der Waals surface area contributed by atoms with Crippen LogP contribution in [0.2, 0.25) is 0 Å². The molecule has 7 heteroatoms. The molecule has 3 heterocycles. The van der Waals surface area contributed by atoms with Crippen molar-refractivity contribution in [2.24, 2.45) is 0 Å². The molecule has 1 aliphatic heterocycles. The molecule has 0 spiro atoms. The molecule has 1 fully saturated rings. The normalized spacial score (nSPS) is 14.9. The molecule has 146 valence electrons. The molecular weight excluding hydrogens is 370 g/mol. The lowest BCUT2D eigenvalue weighted by Gasteiger charge is -2.25. The van der Waals surface area contributed by atoms with Crippen molar-refractivity contribution in [2.75, 3.05) is 19.7 Å². The summed E-state index contributed by atoms with van der Waals surface area (Å²) in [4.78, 5) is 6.56. The monoisotopic (exact) mass is 395 g/mol. The van der Waals surface area contributed by atoms with Crippen molar-refractivity contribution in [3.63, 3.8) is 0 Å². The van der Waals surface area contributed by atoms with E-state index in [0.717, 1.165) is 42.6 Å². The van der Waals surface area contributed by atoms with Gasteiger partial charge in [-0.2, -0.15) is 0 Å². The fourth-order valence-electron chi connectivity index (χ4n) is 3.57. The van der Waals surface area contributed by atoms with Crippen LogP contribution in [0.4, 0.5) is 0 Å². The van der Waals surface area contributed by atoms with Gasteiger partial charge in [0.1, 0.15) is 5.75 Å². The summed E-state index contributed by atoms with van der Waals surface area (Å²) in [6.07, 6.45) is 7.36. The van der Waals surface area contributed by atoms with Crippen molar-refractivity contribution < 1.29 is 4.74 Å². The Morgan fingerprint density at radius 2 is 1.71 bits per heavy atom. The highest BCUT2D eigenvalue weighted by atomic mass is 32.1. The number of hydrogen-bond acceptors (Lipinski definition) is 5. The molecule has 2 aromatic heterocycles. The minimum Gasteiger partial charge on any atom is -0.494 e. The van der Waals surface area contributed by atoms with Crippen LogP contribution < -0.4 is 4.74 Å². The highest BCUT2D eigenvalue weighted by molar-refractivity contribution is 7.71. The molecule has 28 heavy (non-hydrogen) atoms. The van der Waals surface area contributed by atoms with Crippen molar-refractivity contribution in [1.82, 2.24) is 24.2 Å². The standard InChI is InChI=1S/C21H25N5OS/c1-2-27-19-8-6-18(7-9-19)26-20(17-10-12-22-13-11-17)23-25(21(26)28)16-24-14-4-3-5-15-24/h6-13H,2-5,14-16H2,1H3. The van der Waals surface area contributed by atoms with E-state index in [0.29, 0.717) is 11.4 Å². The zero-order chi connectivity index (χ0) is 19.3. The first kappa shape index (κ1) is 18.8. The molecule has 0 radical (unpaired) electrons. The highest BCUT2D eigenvalue weighted by Gasteiger charge is 2.17. The molecule has 3 aromatic rings. The second kappa shape index (κ2) is 8.67. The third-order valence-corrected chi connectivity index (χ3v) is 5.36. The molecule has 1 aromatic carbocycles. The van der Waals surface area contributed by atoms with Crippen LogP contribution in [0.3, 0.4) is 0 Å². The van der Waals surface area contributed by atoms with E-state index in [4.69, 9.17) is 22.1 Å². The van der Waals surface area contributed by atoms with E-state index in [1.54, 1.807) is 12.4 Å². The summed E-state index contributed by atoms with van der Waals surface area (Å²) in [6.45, 7) is 5.55. The van der Waals surface area contributed by atoms with Crippen molar-refractivity contribution in [3.05, 3.63) is 53.6 Å². The fraction of sp³-hybridized carbons (Fsp3) is 0.381. The second-order valence-electron chi connectivity index (χ2n) is 6.92. The molecule has 1 saturated heterocycles. The van der Waals surface area contributed by atoms with Gasteiger partial charge in [-0.25, -0.2) is 4.68 Å². The van der Waals surface area contributed by atoms with E-state index < -0.39 is 0 Å². The smallest absolute Gasteiger partial charge is 0.204 e. The molecule has 0 saturated carbocycles. The van der Waals surface area contributed by atoms with Gasteiger partial charge in [0, 0.05) is 18.0 Å². The molecule has 0 N–H and O–H groups in total. The number of rotatable bonds is 6. The third kappa shape index (κ3) is 4.00. The van der Waals surface area contributed by atoms with Crippen molar-refractivity contribution >= 4 is 12.2 Å². The Bertz CT molecular complexity index is 959. The zero-order valence-corrected chi connectivity index (χ0v) is 16.9. The van der Waals surface area contributed by atoms with E-state index in [-0.39, 0.29) is 0 Å². The van der Waals surface area contributed by atoms with E-state index >= 15 is 0 Å². The van der Waals surface area contributed by atoms with Gasteiger partial charge in [0.25, 0.3) is 0 Å². The number of ether oxygens (including phenoxy) is 1. The lowest BCUT2D eigenvalue weighted by molar-refractivity contribution is 0.172. The number of aromatic nitrogens is 4. The predicted octanol–water partition coefficient (Wildman–Crippen LogP) is 4.31. The summed E-state index contributed by atoms with van der Waals surface area (Å²) in [7, 11) is 0. The Balaban J connectivity index is 1.75. The van der Waals surface area contributed by atoms with Gasteiger partial charge in [-0.05, 0) is 81.5 Å². The fourth-order valence-corrected chi connectivity index (χ4v) is 3.86. The predicted molar refractivity (Wildman–Crippen MR) is 112 cm³/mol. The molecule has 0 aliphatic carbocycles. The number of likely N-dealkylation sites (tertiary alicyclic amines) is 1. The van der Waals surface area contributed by atoms with Crippen LogP contribution in [0.25, 0.3) is 17.1 Å². The van der Waals surface area contributed by atoms with E-state index in [2.05, 4.69) is 9.88 Å². The van der Waals surface area contributed by atoms with Crippen LogP contribution in [-0.2, 0) is 6.67 Å². The maximum atomic E-state index is 5.84. The SMILES string of the molecule is CCOc1ccc(-n2c(-c3ccncc3)nn(CN3CCCCC3)c2=S)cc1. The molecule has 0 atom stereocenters. The molecule has 4 rings (SSSR count). The van der Waals surface area contributed by atoms with Crippen molar-refractivity contribution in [3.8, 4) is 22.8 Å². The molecule has 6 nitrogen and oxygen atoms in total. The Labute approximate surface area is 170 Å². The lowest BCUT2D eigenvalue weighted by atomic mass is 10.1. The molecule has 0 bridgehead atoms. The topological polar surface area (TPSA) is 48.1 Å². The summed E-state index contributed by atoms with van der Waals surface area (Å²) >= 11 is 5.84. The maximum Gasteiger partial charge on any atom is 0.204 e. The maximum absolute atomic E-state index is 5.84. The summed E-state index contributed by atoms with van der Waals surface area (Å²) in [5.41, 5.74) is 1.97. The minimum atomic E-state index is 0.648. The number of piperidine rings is 1. The van der Waals surface area contributed by atoms with Crippen LogP contribution in [0.15, 0.2) is 48.8 Å². The van der Waals surface area contributed by atoms with Gasteiger partial charge < -0.3 is 4.74 Å². The summed E-state index contributed by atoms with van der Waals surface area (Å²) in [6, 6.07) is 11.9. The first-order valence-electron chi connectivity index (χ1n) is 9.82. The molecule has 1 aliphatic rings. The molecular formula is C21H25N5OS. The minimum absolute atomic E-state index is 0.648. The number of nitrogens with zero attached hydrogens (tertiary/aromatic N) is 5.